The minimum absolute atomic E-state index is 0.0407. The molecule has 6 nitrogen and oxygen atoms in total. The average Bonchev–Trinajstić information content (AvgIpc) is 3.25. The molecule has 0 aliphatic heterocycles. The molecule has 1 amide bonds. The third-order valence-corrected chi connectivity index (χ3v) is 6.23. The highest BCUT2D eigenvalue weighted by molar-refractivity contribution is 5.94. The molecule has 1 aliphatic carbocycles. The molecular weight excluding hydrogens is 392 g/mol. The van der Waals surface area contributed by atoms with Gasteiger partial charge in [0.2, 0.25) is 0 Å². The average molecular weight is 418 g/mol. The predicted octanol–water partition coefficient (Wildman–Crippen LogP) is 4.42. The first-order valence-electron chi connectivity index (χ1n) is 10.5. The van der Waals surface area contributed by atoms with E-state index in [1.54, 1.807) is 24.3 Å². The minimum atomic E-state index is -0.393. The van der Waals surface area contributed by atoms with Crippen LogP contribution in [0.25, 0.3) is 0 Å². The first-order chi connectivity index (χ1) is 14.9. The van der Waals surface area contributed by atoms with E-state index in [1.165, 1.54) is 0 Å². The van der Waals surface area contributed by atoms with E-state index in [2.05, 4.69) is 24.3 Å². The third kappa shape index (κ3) is 4.68. The summed E-state index contributed by atoms with van der Waals surface area (Å²) in [6.45, 7) is 4.38. The van der Waals surface area contributed by atoms with Gasteiger partial charge in [-0.2, -0.15) is 0 Å². The molecule has 1 aliphatic rings. The number of esters is 1. The summed E-state index contributed by atoms with van der Waals surface area (Å²) >= 11 is 0. The Morgan fingerprint density at radius 2 is 1.71 bits per heavy atom. The zero-order valence-electron chi connectivity index (χ0n) is 17.7. The molecule has 6 heteroatoms. The van der Waals surface area contributed by atoms with E-state index in [1.807, 2.05) is 42.5 Å². The van der Waals surface area contributed by atoms with Gasteiger partial charge in [-0.15, -0.1) is 0 Å². The number of hydrogen-bond acceptors (Lipinski definition) is 5. The number of carbonyl (C=O) groups is 2. The van der Waals surface area contributed by atoms with E-state index in [-0.39, 0.29) is 24.0 Å². The molecule has 1 N–H and O–H groups in total. The standard InChI is InChI=1S/C25H26N2O4/c1-25(2)19(14-22(25)26-23(28)17-9-5-3-6-10-17)13-20-15-21(31-27-20)16-30-24(29)18-11-7-4-8-12-18/h3-12,15,19,22H,13-14,16H2,1-2H3,(H,26,28)/t19-,22+/m1/s1. The molecule has 1 aromatic heterocycles. The lowest BCUT2D eigenvalue weighted by atomic mass is 9.57. The molecule has 2 aromatic carbocycles. The van der Waals surface area contributed by atoms with Crippen molar-refractivity contribution in [1.29, 1.82) is 0 Å². The van der Waals surface area contributed by atoms with Crippen LogP contribution in [0.4, 0.5) is 0 Å². The summed E-state index contributed by atoms with van der Waals surface area (Å²) in [5.74, 6) is 0.459. The molecule has 0 bridgehead atoms. The van der Waals surface area contributed by atoms with Crippen LogP contribution in [0.3, 0.4) is 0 Å². The molecule has 2 atom stereocenters. The Labute approximate surface area is 181 Å². The van der Waals surface area contributed by atoms with Crippen molar-refractivity contribution in [2.24, 2.45) is 11.3 Å². The van der Waals surface area contributed by atoms with Crippen molar-refractivity contribution in [3.8, 4) is 0 Å². The van der Waals surface area contributed by atoms with E-state index in [9.17, 15) is 9.59 Å². The van der Waals surface area contributed by atoms with Crippen molar-refractivity contribution in [1.82, 2.24) is 10.5 Å². The quantitative estimate of drug-likeness (QED) is 0.575. The van der Waals surface area contributed by atoms with Crippen LogP contribution in [0.2, 0.25) is 0 Å². The molecule has 160 valence electrons. The van der Waals surface area contributed by atoms with Crippen LogP contribution in [0.5, 0.6) is 0 Å². The Kier molecular flexibility index (Phi) is 5.89. The van der Waals surface area contributed by atoms with Crippen LogP contribution < -0.4 is 5.32 Å². The topological polar surface area (TPSA) is 81.4 Å². The summed E-state index contributed by atoms with van der Waals surface area (Å²) in [4.78, 5) is 24.5. The SMILES string of the molecule is CC1(C)[C@H](Cc2cc(COC(=O)c3ccccc3)on2)C[C@@H]1NC(=O)c1ccccc1. The van der Waals surface area contributed by atoms with Crippen LogP contribution in [0.15, 0.2) is 71.3 Å². The third-order valence-electron chi connectivity index (χ3n) is 6.23. The number of rotatable bonds is 7. The Morgan fingerprint density at radius 1 is 1.06 bits per heavy atom. The Morgan fingerprint density at radius 3 is 2.35 bits per heavy atom. The van der Waals surface area contributed by atoms with Gasteiger partial charge < -0.3 is 14.6 Å². The second-order valence-corrected chi connectivity index (χ2v) is 8.58. The van der Waals surface area contributed by atoms with Gasteiger partial charge in [0.25, 0.3) is 5.91 Å². The Hall–Kier alpha value is -3.41. The highest BCUT2D eigenvalue weighted by Crippen LogP contribution is 2.47. The Bertz CT molecular complexity index is 1040. The maximum absolute atomic E-state index is 12.5. The van der Waals surface area contributed by atoms with Gasteiger partial charge in [-0.25, -0.2) is 4.79 Å². The van der Waals surface area contributed by atoms with Gasteiger partial charge in [0.05, 0.1) is 11.3 Å². The molecule has 1 fully saturated rings. The van der Waals surface area contributed by atoms with E-state index in [0.29, 0.717) is 22.8 Å². The summed E-state index contributed by atoms with van der Waals surface area (Å²) in [6.07, 6.45) is 1.64. The molecule has 0 unspecified atom stereocenters. The van der Waals surface area contributed by atoms with Gasteiger partial charge in [0.1, 0.15) is 0 Å². The molecule has 0 radical (unpaired) electrons. The lowest BCUT2D eigenvalue weighted by Gasteiger charge is -2.52. The molecule has 4 rings (SSSR count). The highest BCUT2D eigenvalue weighted by atomic mass is 16.5. The molecule has 1 heterocycles. The van der Waals surface area contributed by atoms with Crippen LogP contribution in [-0.2, 0) is 17.8 Å². The zero-order chi connectivity index (χ0) is 21.8. The molecule has 0 saturated heterocycles. The molecule has 0 spiro atoms. The van der Waals surface area contributed by atoms with Crippen molar-refractivity contribution in [3.05, 3.63) is 89.3 Å². The minimum Gasteiger partial charge on any atom is -0.454 e. The van der Waals surface area contributed by atoms with Crippen molar-refractivity contribution in [2.45, 2.75) is 39.3 Å². The van der Waals surface area contributed by atoms with Gasteiger partial charge in [-0.05, 0) is 48.4 Å². The van der Waals surface area contributed by atoms with E-state index < -0.39 is 5.97 Å². The smallest absolute Gasteiger partial charge is 0.338 e. The van der Waals surface area contributed by atoms with E-state index in [0.717, 1.165) is 18.5 Å². The predicted molar refractivity (Wildman–Crippen MR) is 115 cm³/mol. The summed E-state index contributed by atoms with van der Waals surface area (Å²) in [5, 5.41) is 7.29. The summed E-state index contributed by atoms with van der Waals surface area (Å²) in [7, 11) is 0. The fourth-order valence-electron chi connectivity index (χ4n) is 4.01. The van der Waals surface area contributed by atoms with Crippen molar-refractivity contribution in [2.75, 3.05) is 0 Å². The fraction of sp³-hybridized carbons (Fsp3) is 0.320. The van der Waals surface area contributed by atoms with Gasteiger partial charge in [-0.3, -0.25) is 4.79 Å². The number of hydrogen-bond donors (Lipinski definition) is 1. The Balaban J connectivity index is 1.28. The number of nitrogens with zero attached hydrogens (tertiary/aromatic N) is 1. The van der Waals surface area contributed by atoms with Crippen LogP contribution in [0.1, 0.15) is 52.4 Å². The number of benzene rings is 2. The monoisotopic (exact) mass is 418 g/mol. The normalized spacial score (nSPS) is 19.3. The van der Waals surface area contributed by atoms with Crippen LogP contribution >= 0.6 is 0 Å². The van der Waals surface area contributed by atoms with Crippen molar-refractivity contribution in [3.63, 3.8) is 0 Å². The first kappa shape index (κ1) is 20.8. The van der Waals surface area contributed by atoms with Gasteiger partial charge in [0.15, 0.2) is 12.4 Å². The summed E-state index contributed by atoms with van der Waals surface area (Å²) in [5.41, 5.74) is 1.95. The van der Waals surface area contributed by atoms with Crippen molar-refractivity contribution >= 4 is 11.9 Å². The van der Waals surface area contributed by atoms with E-state index >= 15 is 0 Å². The summed E-state index contributed by atoms with van der Waals surface area (Å²) in [6, 6.07) is 20.1. The second-order valence-electron chi connectivity index (χ2n) is 8.58. The number of aromatic nitrogens is 1. The number of amides is 1. The van der Waals surface area contributed by atoms with Gasteiger partial charge in [-0.1, -0.05) is 55.4 Å². The molecule has 3 aromatic rings. The molecular formula is C25H26N2O4. The van der Waals surface area contributed by atoms with Gasteiger partial charge >= 0.3 is 5.97 Å². The number of ether oxygens (including phenoxy) is 1. The number of carbonyl (C=O) groups excluding carboxylic acids is 2. The van der Waals surface area contributed by atoms with Gasteiger partial charge in [0, 0.05) is 17.7 Å². The maximum Gasteiger partial charge on any atom is 0.338 e. The van der Waals surface area contributed by atoms with Crippen molar-refractivity contribution < 1.29 is 18.8 Å². The molecule has 1 saturated carbocycles. The van der Waals surface area contributed by atoms with Crippen LogP contribution in [-0.4, -0.2) is 23.1 Å². The molecule has 31 heavy (non-hydrogen) atoms. The number of nitrogens with one attached hydrogen (secondary N) is 1. The lowest BCUT2D eigenvalue weighted by Crippen LogP contribution is -2.58. The first-order valence-corrected chi connectivity index (χ1v) is 10.5. The largest absolute Gasteiger partial charge is 0.454 e. The summed E-state index contributed by atoms with van der Waals surface area (Å²) < 4.78 is 10.6. The highest BCUT2D eigenvalue weighted by Gasteiger charge is 2.48. The maximum atomic E-state index is 12.5. The lowest BCUT2D eigenvalue weighted by molar-refractivity contribution is 0.0138. The van der Waals surface area contributed by atoms with Crippen LogP contribution in [0, 0.1) is 11.3 Å². The zero-order valence-corrected chi connectivity index (χ0v) is 17.7. The second kappa shape index (κ2) is 8.76. The fourth-order valence-corrected chi connectivity index (χ4v) is 4.01. The van der Waals surface area contributed by atoms with E-state index in [4.69, 9.17) is 9.26 Å².